The number of rotatable bonds is 3. The summed E-state index contributed by atoms with van der Waals surface area (Å²) in [7, 11) is 1.09. The standard InChI is InChI=1S/C10H19NO2S.2C2H6/c1-13-8-10-4-3-5-11(10)7-9(6-10)14(2)12;2*1-2/h9H,3-8H2,1-2H3;2*1-2H3. The van der Waals surface area contributed by atoms with E-state index in [1.165, 1.54) is 12.8 Å². The molecule has 0 N–H and O–H groups in total. The molecule has 0 aromatic rings. The Morgan fingerprint density at radius 2 is 1.94 bits per heavy atom. The molecule has 2 rings (SSSR count). The van der Waals surface area contributed by atoms with E-state index in [1.54, 1.807) is 7.11 Å². The molecule has 3 unspecified atom stereocenters. The first-order chi connectivity index (χ1) is 8.68. The zero-order valence-corrected chi connectivity index (χ0v) is 13.8. The molecular weight excluding hydrogens is 246 g/mol. The Kier molecular flexibility index (Phi) is 9.09. The van der Waals surface area contributed by atoms with Crippen molar-refractivity contribution < 1.29 is 8.95 Å². The fourth-order valence-corrected chi connectivity index (χ4v) is 3.89. The van der Waals surface area contributed by atoms with Crippen LogP contribution in [-0.2, 0) is 15.5 Å². The summed E-state index contributed by atoms with van der Waals surface area (Å²) in [4.78, 5) is 2.49. The van der Waals surface area contributed by atoms with Gasteiger partial charge in [0.25, 0.3) is 0 Å². The van der Waals surface area contributed by atoms with Gasteiger partial charge in [-0.3, -0.25) is 9.11 Å². The summed E-state index contributed by atoms with van der Waals surface area (Å²) >= 11 is 0. The van der Waals surface area contributed by atoms with Crippen molar-refractivity contribution in [3.05, 3.63) is 0 Å². The molecule has 0 bridgehead atoms. The molecular formula is C14H31NO2S. The van der Waals surface area contributed by atoms with Gasteiger partial charge >= 0.3 is 0 Å². The first kappa shape index (κ1) is 18.1. The molecule has 2 aliphatic rings. The quantitative estimate of drug-likeness (QED) is 0.794. The van der Waals surface area contributed by atoms with Gasteiger partial charge < -0.3 is 4.74 Å². The Bertz CT molecular complexity index is 248. The molecule has 18 heavy (non-hydrogen) atoms. The molecule has 2 fully saturated rings. The second-order valence-corrected chi connectivity index (χ2v) is 6.20. The van der Waals surface area contributed by atoms with Crippen LogP contribution >= 0.6 is 0 Å². The zero-order chi connectivity index (χ0) is 14.2. The van der Waals surface area contributed by atoms with Crippen LogP contribution in [0.25, 0.3) is 0 Å². The van der Waals surface area contributed by atoms with Gasteiger partial charge in [0.2, 0.25) is 0 Å². The minimum Gasteiger partial charge on any atom is -0.383 e. The Hall–Kier alpha value is 0.0700. The molecule has 0 aromatic heterocycles. The van der Waals surface area contributed by atoms with Gasteiger partial charge in [0, 0.05) is 41.5 Å². The van der Waals surface area contributed by atoms with Crippen molar-refractivity contribution in [2.75, 3.05) is 33.1 Å². The lowest BCUT2D eigenvalue weighted by Crippen LogP contribution is -2.42. The van der Waals surface area contributed by atoms with E-state index < -0.39 is 10.8 Å². The molecule has 2 saturated heterocycles. The lowest BCUT2D eigenvalue weighted by atomic mass is 9.95. The van der Waals surface area contributed by atoms with Crippen molar-refractivity contribution in [2.45, 2.75) is 57.7 Å². The summed E-state index contributed by atoms with van der Waals surface area (Å²) in [5.74, 6) is 0. The van der Waals surface area contributed by atoms with Crippen LogP contribution in [0.5, 0.6) is 0 Å². The monoisotopic (exact) mass is 277 g/mol. The van der Waals surface area contributed by atoms with E-state index in [9.17, 15) is 4.21 Å². The second-order valence-electron chi connectivity index (χ2n) is 4.53. The summed E-state index contributed by atoms with van der Waals surface area (Å²) in [5.41, 5.74) is 0.227. The van der Waals surface area contributed by atoms with E-state index >= 15 is 0 Å². The highest BCUT2D eigenvalue weighted by Gasteiger charge is 2.49. The van der Waals surface area contributed by atoms with Gasteiger partial charge in [0.1, 0.15) is 0 Å². The SMILES string of the molecule is CC.CC.COCC12CCCN1CC(S(C)=O)C2. The summed E-state index contributed by atoms with van der Waals surface area (Å²) in [6, 6.07) is 0. The lowest BCUT2D eigenvalue weighted by molar-refractivity contribution is 0.0655. The molecule has 0 radical (unpaired) electrons. The molecule has 0 aliphatic carbocycles. The third kappa shape index (κ3) is 4.04. The molecule has 3 nitrogen and oxygen atoms in total. The molecule has 4 heteroatoms. The minimum absolute atomic E-state index is 0.227. The van der Waals surface area contributed by atoms with Gasteiger partial charge in [0.05, 0.1) is 6.61 Å². The van der Waals surface area contributed by atoms with Gasteiger partial charge in [-0.05, 0) is 25.8 Å². The average molecular weight is 277 g/mol. The van der Waals surface area contributed by atoms with Crippen molar-refractivity contribution in [3.63, 3.8) is 0 Å². The number of hydrogen-bond donors (Lipinski definition) is 0. The summed E-state index contributed by atoms with van der Waals surface area (Å²) < 4.78 is 16.8. The Morgan fingerprint density at radius 1 is 1.33 bits per heavy atom. The van der Waals surface area contributed by atoms with Gasteiger partial charge in [0.15, 0.2) is 0 Å². The van der Waals surface area contributed by atoms with Crippen molar-refractivity contribution in [1.82, 2.24) is 4.90 Å². The molecule has 0 aromatic carbocycles. The fourth-order valence-electron chi connectivity index (χ4n) is 2.96. The van der Waals surface area contributed by atoms with E-state index in [0.29, 0.717) is 5.25 Å². The maximum Gasteiger partial charge on any atom is 0.0647 e. The van der Waals surface area contributed by atoms with E-state index in [1.807, 2.05) is 34.0 Å². The van der Waals surface area contributed by atoms with E-state index in [-0.39, 0.29) is 5.54 Å². The van der Waals surface area contributed by atoms with Gasteiger partial charge in [-0.25, -0.2) is 0 Å². The van der Waals surface area contributed by atoms with Crippen LogP contribution in [0.4, 0.5) is 0 Å². The van der Waals surface area contributed by atoms with Crippen LogP contribution in [-0.4, -0.2) is 53.0 Å². The highest BCUT2D eigenvalue weighted by molar-refractivity contribution is 7.84. The number of hydrogen-bond acceptors (Lipinski definition) is 3. The third-order valence-electron chi connectivity index (χ3n) is 3.66. The van der Waals surface area contributed by atoms with Crippen LogP contribution < -0.4 is 0 Å². The van der Waals surface area contributed by atoms with E-state index in [2.05, 4.69) is 4.90 Å². The molecule has 0 amide bonds. The van der Waals surface area contributed by atoms with Crippen LogP contribution in [0, 0.1) is 0 Å². The Balaban J connectivity index is 0.000000659. The van der Waals surface area contributed by atoms with E-state index in [4.69, 9.17) is 4.74 Å². The predicted octanol–water partition coefficient (Wildman–Crippen LogP) is 2.67. The lowest BCUT2D eigenvalue weighted by Gasteiger charge is -2.30. The zero-order valence-electron chi connectivity index (χ0n) is 13.0. The van der Waals surface area contributed by atoms with Crippen LogP contribution in [0.1, 0.15) is 47.0 Å². The molecule has 2 aliphatic heterocycles. The number of methoxy groups -OCH3 is 1. The number of nitrogens with zero attached hydrogens (tertiary/aromatic N) is 1. The molecule has 2 heterocycles. The van der Waals surface area contributed by atoms with Crippen molar-refractivity contribution in [3.8, 4) is 0 Å². The summed E-state index contributed by atoms with van der Waals surface area (Å²) in [6.45, 7) is 11.0. The largest absolute Gasteiger partial charge is 0.383 e. The molecule has 0 spiro atoms. The number of fused-ring (bicyclic) bond motifs is 1. The maximum absolute atomic E-state index is 11.5. The minimum atomic E-state index is -0.677. The molecule has 0 saturated carbocycles. The average Bonchev–Trinajstić information content (AvgIpc) is 2.91. The second kappa shape index (κ2) is 9.05. The smallest absolute Gasteiger partial charge is 0.0647 e. The summed E-state index contributed by atoms with van der Waals surface area (Å²) in [5, 5.41) is 0.366. The Morgan fingerprint density at radius 3 is 2.44 bits per heavy atom. The van der Waals surface area contributed by atoms with Crippen molar-refractivity contribution in [1.29, 1.82) is 0 Å². The van der Waals surface area contributed by atoms with Crippen LogP contribution in [0.15, 0.2) is 0 Å². The predicted molar refractivity (Wildman–Crippen MR) is 80.6 cm³/mol. The topological polar surface area (TPSA) is 29.5 Å². The van der Waals surface area contributed by atoms with Gasteiger partial charge in [-0.2, -0.15) is 0 Å². The first-order valence-corrected chi connectivity index (χ1v) is 8.86. The highest BCUT2D eigenvalue weighted by Crippen LogP contribution is 2.40. The van der Waals surface area contributed by atoms with Gasteiger partial charge in [-0.1, -0.05) is 27.7 Å². The highest BCUT2D eigenvalue weighted by atomic mass is 32.2. The van der Waals surface area contributed by atoms with Crippen LogP contribution in [0.3, 0.4) is 0 Å². The molecule has 3 atom stereocenters. The molecule has 110 valence electrons. The maximum atomic E-state index is 11.5. The van der Waals surface area contributed by atoms with Gasteiger partial charge in [-0.15, -0.1) is 0 Å². The number of ether oxygens (including phenoxy) is 1. The summed E-state index contributed by atoms with van der Waals surface area (Å²) in [6.07, 6.45) is 5.37. The third-order valence-corrected chi connectivity index (χ3v) is 4.91. The van der Waals surface area contributed by atoms with E-state index in [0.717, 1.165) is 26.1 Å². The Labute approximate surface area is 116 Å². The fraction of sp³-hybridized carbons (Fsp3) is 1.00. The van der Waals surface area contributed by atoms with Crippen molar-refractivity contribution >= 4 is 10.8 Å². The van der Waals surface area contributed by atoms with Crippen LogP contribution in [0.2, 0.25) is 0 Å². The normalized spacial score (nSPS) is 31.8. The van der Waals surface area contributed by atoms with Crippen molar-refractivity contribution in [2.24, 2.45) is 0 Å². The first-order valence-electron chi connectivity index (χ1n) is 7.24.